The zero-order valence-corrected chi connectivity index (χ0v) is 43.7. The van der Waals surface area contributed by atoms with Gasteiger partial charge < -0.3 is 14.1 Å². The molecule has 0 spiro atoms. The van der Waals surface area contributed by atoms with Crippen LogP contribution < -0.4 is 20.6 Å². The van der Waals surface area contributed by atoms with Gasteiger partial charge in [0.1, 0.15) is 11.2 Å². The summed E-state index contributed by atoms with van der Waals surface area (Å²) in [4.78, 5) is 5.40. The predicted octanol–water partition coefficient (Wildman–Crippen LogP) is 17.2. The van der Waals surface area contributed by atoms with Gasteiger partial charge in [0.2, 0.25) is 0 Å². The number of furan rings is 1. The Balaban J connectivity index is 1.23. The lowest BCUT2D eigenvalue weighted by Crippen LogP contribution is -2.62. The van der Waals surface area contributed by atoms with Crippen LogP contribution in [0.1, 0.15) is 129 Å². The summed E-state index contributed by atoms with van der Waals surface area (Å²) in [6, 6.07) is 58.6. The van der Waals surface area contributed by atoms with E-state index in [9.17, 15) is 0 Å². The minimum Gasteiger partial charge on any atom is -0.455 e. The molecule has 0 N–H and O–H groups in total. The summed E-state index contributed by atoms with van der Waals surface area (Å²) in [7, 11) is 0. The molecular weight excluding hydrogens is 860 g/mol. The first-order valence-electron chi connectivity index (χ1n) is 26.1. The first-order valence-corrected chi connectivity index (χ1v) is 26.1. The lowest BCUT2D eigenvalue weighted by Gasteiger charge is -2.48. The Labute approximate surface area is 421 Å². The normalized spacial score (nSPS) is 16.9. The quantitative estimate of drug-likeness (QED) is 0.165. The van der Waals surface area contributed by atoms with Crippen molar-refractivity contribution < 1.29 is 4.42 Å². The maximum atomic E-state index is 7.30. The number of para-hydroxylation sites is 1. The van der Waals surface area contributed by atoms with E-state index in [1.807, 2.05) is 0 Å². The van der Waals surface area contributed by atoms with Crippen LogP contribution in [0.2, 0.25) is 0 Å². The van der Waals surface area contributed by atoms with Gasteiger partial charge in [-0.15, -0.1) is 0 Å². The largest absolute Gasteiger partial charge is 0.455 e. The molecule has 9 aromatic rings. The molecule has 3 nitrogen and oxygen atoms in total. The van der Waals surface area contributed by atoms with Gasteiger partial charge in [0.15, 0.2) is 0 Å². The highest BCUT2D eigenvalue weighted by Gasteiger charge is 2.50. The van der Waals surface area contributed by atoms with Gasteiger partial charge in [0, 0.05) is 55.6 Å². The van der Waals surface area contributed by atoms with Crippen molar-refractivity contribution in [3.05, 3.63) is 185 Å². The highest BCUT2D eigenvalue weighted by atomic mass is 16.3. The third-order valence-electron chi connectivity index (χ3n) is 17.4. The van der Waals surface area contributed by atoms with Crippen LogP contribution in [0.4, 0.5) is 28.4 Å². The number of fused-ring (bicyclic) bond motifs is 12. The van der Waals surface area contributed by atoms with E-state index in [4.69, 9.17) is 4.42 Å². The maximum Gasteiger partial charge on any atom is 0.333 e. The fourth-order valence-electron chi connectivity index (χ4n) is 13.2. The summed E-state index contributed by atoms with van der Waals surface area (Å²) in [5.74, 6) is 0. The molecule has 0 bridgehead atoms. The van der Waals surface area contributed by atoms with Crippen LogP contribution in [0.5, 0.6) is 0 Å². The smallest absolute Gasteiger partial charge is 0.333 e. The van der Waals surface area contributed by atoms with E-state index < -0.39 is 0 Å². The molecule has 8 aromatic carbocycles. The van der Waals surface area contributed by atoms with Crippen molar-refractivity contribution in [1.29, 1.82) is 0 Å². The summed E-state index contributed by atoms with van der Waals surface area (Å²) in [6.45, 7) is 28.5. The number of anilines is 5. The molecule has 0 unspecified atom stereocenters. The van der Waals surface area contributed by atoms with Crippen LogP contribution in [0.25, 0.3) is 55.3 Å². The van der Waals surface area contributed by atoms with Crippen LogP contribution in [0, 0.1) is 0 Å². The first-order chi connectivity index (χ1) is 33.7. The molecule has 3 heterocycles. The van der Waals surface area contributed by atoms with E-state index in [0.29, 0.717) is 0 Å². The second-order valence-electron chi connectivity index (χ2n) is 25.2. The third-order valence-corrected chi connectivity index (χ3v) is 17.4. The molecule has 0 saturated heterocycles. The Morgan fingerprint density at radius 2 is 1.11 bits per heavy atom. The van der Waals surface area contributed by atoms with E-state index in [1.54, 1.807) is 0 Å². The minimum atomic E-state index is -0.208. The van der Waals surface area contributed by atoms with Crippen LogP contribution in [0.3, 0.4) is 0 Å². The SMILES string of the molecule is CC(C)(C)c1ccc(N2B3c4cc5c(cc4N(c4ccc(C(C)(C)C)cc4-c4ccccc4)c4cc6c(oc7ccccc76)c(c43)-c3cc4c(cc32)C(C)(C)CCC4(C)C)C(C)(C)c2ccccc2-5)cc1. The molecule has 352 valence electrons. The number of benzene rings is 8. The second kappa shape index (κ2) is 14.7. The van der Waals surface area contributed by atoms with Gasteiger partial charge in [-0.25, -0.2) is 0 Å². The molecule has 0 atom stereocenters. The van der Waals surface area contributed by atoms with Crippen molar-refractivity contribution in [2.24, 2.45) is 0 Å². The molecule has 0 radical (unpaired) electrons. The molecule has 1 aromatic heterocycles. The molecule has 4 aliphatic rings. The summed E-state index contributed by atoms with van der Waals surface area (Å²) < 4.78 is 7.30. The first kappa shape index (κ1) is 44.2. The summed E-state index contributed by atoms with van der Waals surface area (Å²) >= 11 is 0. The minimum absolute atomic E-state index is 0.00288. The molecule has 0 amide bonds. The van der Waals surface area contributed by atoms with Crippen LogP contribution in [-0.2, 0) is 27.1 Å². The standard InChI is InChI=1S/C67H65BN2O/c1-63(2,3)41-26-29-43(30-27-41)70-56-39-53-52(65(7,8)32-33-66(53,9)10)35-49(56)60-61-58(37-48-45-23-17-19-25-59(45)71-62(48)60)69(55-31-28-42(64(4,5)6)34-46(55)40-20-14-13-15-21-40)57-38-51-47(36-54(57)68(61)70)44-22-16-18-24-50(44)67(51,11)12/h13-31,34-39H,32-33H2,1-12H3. The zero-order chi connectivity index (χ0) is 49.3. The van der Waals surface area contributed by atoms with Crippen LogP contribution >= 0.6 is 0 Å². The third kappa shape index (κ3) is 6.35. The van der Waals surface area contributed by atoms with Gasteiger partial charge in [-0.3, -0.25) is 0 Å². The van der Waals surface area contributed by atoms with Gasteiger partial charge in [-0.05, 0) is 150 Å². The predicted molar refractivity (Wildman–Crippen MR) is 303 cm³/mol. The highest BCUT2D eigenvalue weighted by Crippen LogP contribution is 2.57. The van der Waals surface area contributed by atoms with Crippen molar-refractivity contribution in [2.75, 3.05) is 9.71 Å². The molecular formula is C67H65BN2O. The molecule has 71 heavy (non-hydrogen) atoms. The van der Waals surface area contributed by atoms with Gasteiger partial charge in [-0.2, -0.15) is 0 Å². The number of hydrogen-bond acceptors (Lipinski definition) is 3. The highest BCUT2D eigenvalue weighted by molar-refractivity contribution is 6.94. The fraction of sp³-hybridized carbons (Fsp3) is 0.284. The van der Waals surface area contributed by atoms with E-state index in [-0.39, 0.29) is 33.9 Å². The fourth-order valence-corrected chi connectivity index (χ4v) is 13.2. The molecule has 13 rings (SSSR count). The maximum absolute atomic E-state index is 7.30. The molecule has 0 fully saturated rings. The van der Waals surface area contributed by atoms with E-state index >= 15 is 0 Å². The average molecular weight is 925 g/mol. The van der Waals surface area contributed by atoms with Crippen LogP contribution in [0.15, 0.2) is 156 Å². The van der Waals surface area contributed by atoms with E-state index in [1.165, 1.54) is 106 Å². The second-order valence-corrected chi connectivity index (χ2v) is 25.2. The topological polar surface area (TPSA) is 19.6 Å². The summed E-state index contributed by atoms with van der Waals surface area (Å²) in [6.07, 6.45) is 2.27. The van der Waals surface area contributed by atoms with Gasteiger partial charge in [0.25, 0.3) is 0 Å². The Kier molecular flexibility index (Phi) is 9.12. The Hall–Kier alpha value is -6.78. The van der Waals surface area contributed by atoms with Gasteiger partial charge in [-0.1, -0.05) is 180 Å². The van der Waals surface area contributed by atoms with Crippen LogP contribution in [-0.4, -0.2) is 6.85 Å². The summed E-state index contributed by atoms with van der Waals surface area (Å²) in [5, 5.41) is 2.29. The van der Waals surface area contributed by atoms with Crippen molar-refractivity contribution in [1.82, 2.24) is 0 Å². The molecule has 4 heteroatoms. The number of rotatable bonds is 3. The van der Waals surface area contributed by atoms with E-state index in [0.717, 1.165) is 34.8 Å². The summed E-state index contributed by atoms with van der Waals surface area (Å²) in [5.41, 5.74) is 26.1. The van der Waals surface area contributed by atoms with Gasteiger partial charge in [0.05, 0.1) is 5.69 Å². The van der Waals surface area contributed by atoms with Crippen molar-refractivity contribution in [3.63, 3.8) is 0 Å². The monoisotopic (exact) mass is 925 g/mol. The number of hydrogen-bond donors (Lipinski definition) is 0. The average Bonchev–Trinajstić information content (AvgIpc) is 3.83. The molecule has 0 saturated carbocycles. The zero-order valence-electron chi connectivity index (χ0n) is 43.7. The van der Waals surface area contributed by atoms with E-state index in [2.05, 4.69) is 244 Å². The Morgan fingerprint density at radius 3 is 1.83 bits per heavy atom. The molecule has 2 aliphatic carbocycles. The van der Waals surface area contributed by atoms with Gasteiger partial charge >= 0.3 is 6.85 Å². The molecule has 2 aliphatic heterocycles. The Bertz CT molecular complexity index is 3710. The lowest BCUT2D eigenvalue weighted by molar-refractivity contribution is 0.332. The van der Waals surface area contributed by atoms with Crippen molar-refractivity contribution in [2.45, 2.75) is 123 Å². The van der Waals surface area contributed by atoms with Crippen molar-refractivity contribution in [3.8, 4) is 33.4 Å². The van der Waals surface area contributed by atoms with Crippen molar-refractivity contribution >= 4 is 68.1 Å². The number of nitrogens with zero attached hydrogens (tertiary/aromatic N) is 2. The lowest BCUT2D eigenvalue weighted by atomic mass is 9.43. The Morgan fingerprint density at radius 1 is 0.479 bits per heavy atom.